The summed E-state index contributed by atoms with van der Waals surface area (Å²) in [4.78, 5) is 0. The summed E-state index contributed by atoms with van der Waals surface area (Å²) in [5.74, 6) is -1.31. The van der Waals surface area contributed by atoms with Crippen molar-refractivity contribution < 1.29 is 21.6 Å². The van der Waals surface area contributed by atoms with Crippen LogP contribution in [0.3, 0.4) is 0 Å². The molecule has 1 N–H and O–H groups in total. The number of rotatable bonds is 3. The summed E-state index contributed by atoms with van der Waals surface area (Å²) in [7, 11) is -3.63. The van der Waals surface area contributed by atoms with Crippen LogP contribution in [0.2, 0.25) is 0 Å². The van der Waals surface area contributed by atoms with Gasteiger partial charge in [-0.3, -0.25) is 0 Å². The summed E-state index contributed by atoms with van der Waals surface area (Å²) in [6.07, 6.45) is -3.79. The van der Waals surface area contributed by atoms with Crippen LogP contribution in [0.1, 0.15) is 25.7 Å². The average Bonchev–Trinajstić information content (AvgIpc) is 2.76. The van der Waals surface area contributed by atoms with E-state index >= 15 is 0 Å². The van der Waals surface area contributed by atoms with Crippen molar-refractivity contribution in [1.82, 2.24) is 4.72 Å². The van der Waals surface area contributed by atoms with Gasteiger partial charge in [-0.15, -0.1) is 11.3 Å². The maximum Gasteiger partial charge on any atom is 0.391 e. The van der Waals surface area contributed by atoms with E-state index in [1.54, 1.807) is 6.07 Å². The second-order valence-electron chi connectivity index (χ2n) is 4.77. The molecule has 0 atom stereocenters. The molecule has 0 spiro atoms. The molecule has 0 amide bonds. The summed E-state index contributed by atoms with van der Waals surface area (Å²) in [6.45, 7) is 0. The predicted octanol–water partition coefficient (Wildman–Crippen LogP) is 3.91. The van der Waals surface area contributed by atoms with Gasteiger partial charge in [0.1, 0.15) is 4.21 Å². The Morgan fingerprint density at radius 1 is 1.20 bits per heavy atom. The van der Waals surface area contributed by atoms with Crippen molar-refractivity contribution in [3.05, 3.63) is 15.9 Å². The smallest absolute Gasteiger partial charge is 0.207 e. The van der Waals surface area contributed by atoms with Gasteiger partial charge in [0, 0.05) is 6.04 Å². The van der Waals surface area contributed by atoms with Crippen LogP contribution in [0.25, 0.3) is 0 Å². The zero-order valence-electron chi connectivity index (χ0n) is 10.3. The van der Waals surface area contributed by atoms with Crippen LogP contribution in [0.4, 0.5) is 13.2 Å². The summed E-state index contributed by atoms with van der Waals surface area (Å²) >= 11 is 4.26. The third-order valence-corrected chi connectivity index (χ3v) is 6.96. The van der Waals surface area contributed by atoms with E-state index < -0.39 is 28.2 Å². The number of halogens is 4. The van der Waals surface area contributed by atoms with E-state index in [1.165, 1.54) is 6.07 Å². The van der Waals surface area contributed by atoms with E-state index in [9.17, 15) is 21.6 Å². The average molecular weight is 392 g/mol. The van der Waals surface area contributed by atoms with Crippen LogP contribution in [0.5, 0.6) is 0 Å². The van der Waals surface area contributed by atoms with Gasteiger partial charge < -0.3 is 0 Å². The zero-order chi connectivity index (χ0) is 15.0. The summed E-state index contributed by atoms with van der Waals surface area (Å²) in [5.41, 5.74) is 0. The summed E-state index contributed by atoms with van der Waals surface area (Å²) < 4.78 is 65.0. The molecule has 114 valence electrons. The van der Waals surface area contributed by atoms with Crippen molar-refractivity contribution in [1.29, 1.82) is 0 Å². The lowest BCUT2D eigenvalue weighted by Gasteiger charge is -2.29. The van der Waals surface area contributed by atoms with Gasteiger partial charge in [-0.25, -0.2) is 13.1 Å². The highest BCUT2D eigenvalue weighted by Crippen LogP contribution is 2.38. The molecule has 1 aliphatic carbocycles. The Bertz CT molecular complexity index is 562. The molecule has 1 fully saturated rings. The SMILES string of the molecule is O=S(=O)(NC1CCC(C(F)(F)F)CC1)c1ccc(Br)s1. The fourth-order valence-corrected chi connectivity index (χ4v) is 5.59. The van der Waals surface area contributed by atoms with Gasteiger partial charge in [-0.05, 0) is 53.7 Å². The van der Waals surface area contributed by atoms with Crippen molar-refractivity contribution in [2.24, 2.45) is 5.92 Å². The molecule has 0 bridgehead atoms. The lowest BCUT2D eigenvalue weighted by atomic mass is 9.86. The Morgan fingerprint density at radius 3 is 2.25 bits per heavy atom. The lowest BCUT2D eigenvalue weighted by molar-refractivity contribution is -0.182. The molecule has 0 saturated heterocycles. The molecule has 0 aliphatic heterocycles. The second-order valence-corrected chi connectivity index (χ2v) is 9.17. The number of hydrogen-bond acceptors (Lipinski definition) is 3. The standard InChI is InChI=1S/C11H13BrF3NO2S2/c12-9-5-6-10(19-9)20(17,18)16-8-3-1-7(2-4-8)11(13,14)15/h5-8,16H,1-4H2. The maximum atomic E-state index is 12.5. The Balaban J connectivity index is 1.96. The highest BCUT2D eigenvalue weighted by atomic mass is 79.9. The number of thiophene rings is 1. The number of nitrogens with one attached hydrogen (secondary N) is 1. The van der Waals surface area contributed by atoms with Crippen molar-refractivity contribution in [3.63, 3.8) is 0 Å². The molecule has 9 heteroatoms. The summed E-state index contributed by atoms with van der Waals surface area (Å²) in [5, 5.41) is 0. The van der Waals surface area contributed by atoms with Gasteiger partial charge in [-0.2, -0.15) is 13.2 Å². The largest absolute Gasteiger partial charge is 0.391 e. The van der Waals surface area contributed by atoms with E-state index in [0.29, 0.717) is 3.79 Å². The second kappa shape index (κ2) is 5.94. The van der Waals surface area contributed by atoms with Gasteiger partial charge in [-0.1, -0.05) is 0 Å². The Labute approximate surface area is 127 Å². The van der Waals surface area contributed by atoms with Crippen LogP contribution in [-0.4, -0.2) is 20.6 Å². The Kier molecular flexibility index (Phi) is 4.83. The van der Waals surface area contributed by atoms with Crippen LogP contribution in [-0.2, 0) is 10.0 Å². The third-order valence-electron chi connectivity index (χ3n) is 3.33. The van der Waals surface area contributed by atoms with E-state index in [2.05, 4.69) is 20.7 Å². The Hall–Kier alpha value is -0.120. The highest BCUT2D eigenvalue weighted by Gasteiger charge is 2.41. The van der Waals surface area contributed by atoms with Crippen LogP contribution in [0.15, 0.2) is 20.1 Å². The first-order valence-electron chi connectivity index (χ1n) is 6.03. The van der Waals surface area contributed by atoms with Gasteiger partial charge in [0.15, 0.2) is 0 Å². The number of sulfonamides is 1. The van der Waals surface area contributed by atoms with E-state index in [1.807, 2.05) is 0 Å². The molecule has 1 aromatic rings. The monoisotopic (exact) mass is 391 g/mol. The zero-order valence-corrected chi connectivity index (χ0v) is 13.5. The first-order valence-corrected chi connectivity index (χ1v) is 9.12. The van der Waals surface area contributed by atoms with E-state index in [-0.39, 0.29) is 29.9 Å². The fraction of sp³-hybridized carbons (Fsp3) is 0.636. The quantitative estimate of drug-likeness (QED) is 0.848. The molecule has 2 rings (SSSR count). The third kappa shape index (κ3) is 3.96. The minimum absolute atomic E-state index is 0.0230. The number of hydrogen-bond donors (Lipinski definition) is 1. The van der Waals surface area contributed by atoms with Crippen LogP contribution < -0.4 is 4.72 Å². The molecule has 3 nitrogen and oxygen atoms in total. The minimum Gasteiger partial charge on any atom is -0.207 e. The predicted molar refractivity (Wildman–Crippen MR) is 74.1 cm³/mol. The maximum absolute atomic E-state index is 12.5. The molecule has 0 radical (unpaired) electrons. The highest BCUT2D eigenvalue weighted by molar-refractivity contribution is 9.11. The van der Waals surface area contributed by atoms with Gasteiger partial charge in [0.05, 0.1) is 9.70 Å². The van der Waals surface area contributed by atoms with Crippen molar-refractivity contribution in [2.75, 3.05) is 0 Å². The van der Waals surface area contributed by atoms with Crippen molar-refractivity contribution in [3.8, 4) is 0 Å². The fourth-order valence-electron chi connectivity index (χ4n) is 2.26. The topological polar surface area (TPSA) is 46.2 Å². The molecule has 1 aliphatic rings. The molecule has 20 heavy (non-hydrogen) atoms. The van der Waals surface area contributed by atoms with Crippen LogP contribution >= 0.6 is 27.3 Å². The molecule has 1 saturated carbocycles. The molecule has 0 unspecified atom stereocenters. The van der Waals surface area contributed by atoms with Gasteiger partial charge >= 0.3 is 6.18 Å². The van der Waals surface area contributed by atoms with Gasteiger partial charge in [0.25, 0.3) is 0 Å². The van der Waals surface area contributed by atoms with Crippen molar-refractivity contribution in [2.45, 2.75) is 42.1 Å². The van der Waals surface area contributed by atoms with Crippen molar-refractivity contribution >= 4 is 37.3 Å². The molecule has 0 aromatic carbocycles. The lowest BCUT2D eigenvalue weighted by Crippen LogP contribution is -2.39. The molecular formula is C11H13BrF3NO2S2. The normalized spacial score (nSPS) is 24.8. The van der Waals surface area contributed by atoms with Crippen LogP contribution in [0, 0.1) is 5.92 Å². The first-order chi connectivity index (χ1) is 9.18. The minimum atomic E-state index is -4.18. The summed E-state index contributed by atoms with van der Waals surface area (Å²) in [6, 6.07) is 2.68. The Morgan fingerprint density at radius 2 is 1.80 bits per heavy atom. The number of alkyl halides is 3. The van der Waals surface area contributed by atoms with E-state index in [4.69, 9.17) is 0 Å². The molecule has 1 heterocycles. The van der Waals surface area contributed by atoms with E-state index in [0.717, 1.165) is 11.3 Å². The first kappa shape index (κ1) is 16.3. The van der Waals surface area contributed by atoms with Gasteiger partial charge in [0.2, 0.25) is 10.0 Å². The molecular weight excluding hydrogens is 379 g/mol. The molecule has 1 aromatic heterocycles.